The summed E-state index contributed by atoms with van der Waals surface area (Å²) < 4.78 is 5.48. The first-order valence-electron chi connectivity index (χ1n) is 11.0. The smallest absolute Gasteiger partial charge is 0.264 e. The molecule has 1 aliphatic heterocycles. The van der Waals surface area contributed by atoms with Gasteiger partial charge in [-0.3, -0.25) is 20.1 Å². The molecule has 0 unspecified atom stereocenters. The highest BCUT2D eigenvalue weighted by molar-refractivity contribution is 6.10. The molecule has 34 heavy (non-hydrogen) atoms. The molecule has 2 heterocycles. The van der Waals surface area contributed by atoms with E-state index in [4.69, 9.17) is 10.1 Å². The van der Waals surface area contributed by atoms with E-state index in [1.165, 1.54) is 4.90 Å². The van der Waals surface area contributed by atoms with Crippen molar-refractivity contribution >= 4 is 11.9 Å². The van der Waals surface area contributed by atoms with E-state index in [0.717, 1.165) is 33.6 Å². The van der Waals surface area contributed by atoms with Crippen molar-refractivity contribution in [2.24, 2.45) is 0 Å². The number of carbonyl (C=O) groups excluding carboxylic acids is 1. The summed E-state index contributed by atoms with van der Waals surface area (Å²) in [7, 11) is 1.63. The van der Waals surface area contributed by atoms with Crippen LogP contribution in [-0.2, 0) is 16.9 Å². The van der Waals surface area contributed by atoms with Gasteiger partial charge in [0.25, 0.3) is 5.91 Å². The van der Waals surface area contributed by atoms with Crippen molar-refractivity contribution in [2.75, 3.05) is 7.11 Å². The van der Waals surface area contributed by atoms with Crippen LogP contribution >= 0.6 is 0 Å². The summed E-state index contributed by atoms with van der Waals surface area (Å²) in [5, 5.41) is 11.9. The molecule has 168 valence electrons. The molecule has 5 rings (SSSR count). The predicted octanol–water partition coefficient (Wildman–Crippen LogP) is 4.57. The van der Waals surface area contributed by atoms with Crippen molar-refractivity contribution in [3.8, 4) is 16.9 Å². The minimum atomic E-state index is -1.15. The highest BCUT2D eigenvalue weighted by atomic mass is 16.5. The third-order valence-electron chi connectivity index (χ3n) is 6.14. The van der Waals surface area contributed by atoms with Crippen LogP contribution in [0.25, 0.3) is 11.1 Å². The van der Waals surface area contributed by atoms with Gasteiger partial charge in [-0.05, 0) is 34.4 Å². The van der Waals surface area contributed by atoms with E-state index in [-0.39, 0.29) is 18.4 Å². The van der Waals surface area contributed by atoms with Gasteiger partial charge in [0.05, 0.1) is 13.7 Å². The van der Waals surface area contributed by atoms with E-state index in [1.807, 2.05) is 91.0 Å². The normalized spacial score (nSPS) is 14.7. The summed E-state index contributed by atoms with van der Waals surface area (Å²) in [5.74, 6) is 0.618. The number of carbonyl (C=O) groups is 1. The Morgan fingerprint density at radius 2 is 1.62 bits per heavy atom. The number of guanidine groups is 1. The fraction of sp³-hybridized carbons (Fsp3) is 0.107. The lowest BCUT2D eigenvalue weighted by atomic mass is 9.82. The molecule has 1 saturated heterocycles. The molecule has 0 aliphatic carbocycles. The largest absolute Gasteiger partial charge is 0.496 e. The second-order valence-electron chi connectivity index (χ2n) is 8.12. The van der Waals surface area contributed by atoms with Crippen LogP contribution in [0.5, 0.6) is 5.75 Å². The Balaban J connectivity index is 1.52. The average molecular weight is 449 g/mol. The molecule has 3 aromatic carbocycles. The van der Waals surface area contributed by atoms with Crippen molar-refractivity contribution in [3.05, 3.63) is 120 Å². The predicted molar refractivity (Wildman–Crippen MR) is 131 cm³/mol. The van der Waals surface area contributed by atoms with Crippen molar-refractivity contribution in [1.29, 1.82) is 5.41 Å². The first-order valence-corrected chi connectivity index (χ1v) is 11.0. The Labute approximate surface area is 198 Å². The minimum Gasteiger partial charge on any atom is -0.496 e. The summed E-state index contributed by atoms with van der Waals surface area (Å²) in [6.07, 6.45) is 3.45. The van der Waals surface area contributed by atoms with Crippen LogP contribution in [0.3, 0.4) is 0 Å². The third kappa shape index (κ3) is 3.59. The Kier molecular flexibility index (Phi) is 5.55. The lowest BCUT2D eigenvalue weighted by molar-refractivity contribution is -0.130. The molecule has 1 fully saturated rings. The molecule has 1 aromatic heterocycles. The molecule has 2 N–H and O–H groups in total. The number of rotatable bonds is 6. The van der Waals surface area contributed by atoms with Crippen LogP contribution in [-0.4, -0.2) is 28.9 Å². The fourth-order valence-corrected chi connectivity index (χ4v) is 4.48. The standard InChI is InChI=1S/C28H24N4O2/c1-34-25-15-16-30-18-24(25)21-10-8-9-20(17-21)19-32-26(33)28(31-27(32)29,22-11-4-2-5-12-22)23-13-6-3-7-14-23/h2-18H,19H2,1H3,(H2,29,31). The number of ether oxygens (including phenoxy) is 1. The van der Waals surface area contributed by atoms with Gasteiger partial charge in [0.15, 0.2) is 11.5 Å². The molecule has 0 spiro atoms. The van der Waals surface area contributed by atoms with Gasteiger partial charge < -0.3 is 10.1 Å². The molecule has 1 amide bonds. The molecule has 0 saturated carbocycles. The molecular formula is C28H24N4O2. The number of hydrogen-bond donors (Lipinski definition) is 2. The van der Waals surface area contributed by atoms with E-state index >= 15 is 0 Å². The monoisotopic (exact) mass is 448 g/mol. The lowest BCUT2D eigenvalue weighted by Crippen LogP contribution is -2.45. The number of methoxy groups -OCH3 is 1. The van der Waals surface area contributed by atoms with E-state index in [1.54, 1.807) is 19.5 Å². The number of amides is 1. The number of pyridine rings is 1. The van der Waals surface area contributed by atoms with Crippen LogP contribution in [0, 0.1) is 5.41 Å². The van der Waals surface area contributed by atoms with Gasteiger partial charge in [-0.2, -0.15) is 0 Å². The van der Waals surface area contributed by atoms with Crippen molar-refractivity contribution in [1.82, 2.24) is 15.2 Å². The van der Waals surface area contributed by atoms with E-state index in [2.05, 4.69) is 10.3 Å². The summed E-state index contributed by atoms with van der Waals surface area (Å²) in [5.41, 5.74) is 3.16. The highest BCUT2D eigenvalue weighted by Gasteiger charge is 2.52. The number of aromatic nitrogens is 1. The van der Waals surface area contributed by atoms with E-state index in [9.17, 15) is 4.79 Å². The first-order chi connectivity index (χ1) is 16.6. The highest BCUT2D eigenvalue weighted by Crippen LogP contribution is 2.37. The van der Waals surface area contributed by atoms with Crippen LogP contribution in [0.1, 0.15) is 16.7 Å². The SMILES string of the molecule is COc1ccncc1-c1cccc(CN2C(=N)NC(c3ccccc3)(c3ccccc3)C2=O)c1. The second-order valence-corrected chi connectivity index (χ2v) is 8.12. The molecule has 6 nitrogen and oxygen atoms in total. The molecular weight excluding hydrogens is 424 g/mol. The van der Waals surface area contributed by atoms with E-state index in [0.29, 0.717) is 0 Å². The Bertz CT molecular complexity index is 1300. The summed E-state index contributed by atoms with van der Waals surface area (Å²) in [6, 6.07) is 28.9. The number of nitrogens with zero attached hydrogens (tertiary/aromatic N) is 2. The molecule has 0 atom stereocenters. The third-order valence-corrected chi connectivity index (χ3v) is 6.14. The molecule has 0 radical (unpaired) electrons. The average Bonchev–Trinajstić information content (AvgIpc) is 3.15. The number of benzene rings is 3. The Hall–Kier alpha value is -4.45. The first kappa shape index (κ1) is 21.4. The number of hydrogen-bond acceptors (Lipinski definition) is 4. The summed E-state index contributed by atoms with van der Waals surface area (Å²) in [4.78, 5) is 19.7. The van der Waals surface area contributed by atoms with Gasteiger partial charge in [-0.15, -0.1) is 0 Å². The van der Waals surface area contributed by atoms with Crippen molar-refractivity contribution in [2.45, 2.75) is 12.1 Å². The van der Waals surface area contributed by atoms with Gasteiger partial charge in [-0.1, -0.05) is 78.9 Å². The van der Waals surface area contributed by atoms with Crippen LogP contribution in [0.15, 0.2) is 103 Å². The number of nitrogens with one attached hydrogen (secondary N) is 2. The Morgan fingerprint density at radius 3 is 2.26 bits per heavy atom. The quantitative estimate of drug-likeness (QED) is 0.453. The van der Waals surface area contributed by atoms with Gasteiger partial charge in [-0.25, -0.2) is 0 Å². The molecule has 0 bridgehead atoms. The van der Waals surface area contributed by atoms with Crippen LogP contribution in [0.2, 0.25) is 0 Å². The molecule has 4 aromatic rings. The van der Waals surface area contributed by atoms with Gasteiger partial charge in [0, 0.05) is 18.0 Å². The molecule has 6 heteroatoms. The topological polar surface area (TPSA) is 78.3 Å². The van der Waals surface area contributed by atoms with Gasteiger partial charge in [0.1, 0.15) is 5.75 Å². The lowest BCUT2D eigenvalue weighted by Gasteiger charge is -2.28. The maximum Gasteiger partial charge on any atom is 0.264 e. The fourth-order valence-electron chi connectivity index (χ4n) is 4.48. The summed E-state index contributed by atoms with van der Waals surface area (Å²) in [6.45, 7) is 0.266. The van der Waals surface area contributed by atoms with E-state index < -0.39 is 5.54 Å². The van der Waals surface area contributed by atoms with Crippen LogP contribution in [0.4, 0.5) is 0 Å². The zero-order valence-corrected chi connectivity index (χ0v) is 18.7. The second kappa shape index (κ2) is 8.83. The van der Waals surface area contributed by atoms with Crippen LogP contribution < -0.4 is 10.1 Å². The Morgan fingerprint density at radius 1 is 0.941 bits per heavy atom. The van der Waals surface area contributed by atoms with Crippen molar-refractivity contribution in [3.63, 3.8) is 0 Å². The zero-order chi connectivity index (χ0) is 23.5. The van der Waals surface area contributed by atoms with Crippen molar-refractivity contribution < 1.29 is 9.53 Å². The maximum absolute atomic E-state index is 14.0. The minimum absolute atomic E-state index is 0.0714. The van der Waals surface area contributed by atoms with Gasteiger partial charge >= 0.3 is 0 Å². The molecule has 1 aliphatic rings. The maximum atomic E-state index is 14.0. The zero-order valence-electron chi connectivity index (χ0n) is 18.7. The van der Waals surface area contributed by atoms with Gasteiger partial charge in [0.2, 0.25) is 0 Å². The summed E-state index contributed by atoms with van der Waals surface area (Å²) >= 11 is 0.